The zero-order chi connectivity index (χ0) is 21.4. The molecular weight excluding hydrogens is 373 g/mol. The largest absolute Gasteiger partial charge is 0.458 e. The third-order valence-electron chi connectivity index (χ3n) is 3.65. The summed E-state index contributed by atoms with van der Waals surface area (Å²) in [5, 5.41) is 0. The van der Waals surface area contributed by atoms with E-state index in [9.17, 15) is 4.57 Å². The maximum absolute atomic E-state index is 13.6. The van der Waals surface area contributed by atoms with Crippen molar-refractivity contribution in [1.82, 2.24) is 9.80 Å². The molecule has 0 unspecified atom stereocenters. The van der Waals surface area contributed by atoms with E-state index in [1.54, 1.807) is 0 Å². The lowest BCUT2D eigenvalue weighted by molar-refractivity contribution is 0.0493. The van der Waals surface area contributed by atoms with Gasteiger partial charge in [0, 0.05) is 26.2 Å². The van der Waals surface area contributed by atoms with E-state index < -0.39 is 18.9 Å². The molecule has 7 heteroatoms. The van der Waals surface area contributed by atoms with E-state index in [4.69, 9.17) is 9.05 Å². The lowest BCUT2D eigenvalue weighted by atomic mass is 10.2. The van der Waals surface area contributed by atoms with Gasteiger partial charge in [-0.25, -0.2) is 4.57 Å². The minimum atomic E-state index is -3.71. The van der Waals surface area contributed by atoms with Crippen LogP contribution in [0.5, 0.6) is 0 Å². The van der Waals surface area contributed by atoms with Gasteiger partial charge >= 0.3 is 7.75 Å². The Kier molecular flexibility index (Phi) is 9.45. The quantitative estimate of drug-likeness (QED) is 0.362. The Labute approximate surface area is 172 Å². The van der Waals surface area contributed by atoms with Crippen LogP contribution in [0.4, 0.5) is 0 Å². The van der Waals surface area contributed by atoms with Gasteiger partial charge in [0.15, 0.2) is 0 Å². The first-order valence-corrected chi connectivity index (χ1v) is 11.8. The molecule has 0 atom stereocenters. The Morgan fingerprint density at radius 3 is 1.57 bits per heavy atom. The first kappa shape index (κ1) is 24.9. The van der Waals surface area contributed by atoms with Gasteiger partial charge in [-0.15, -0.1) is 4.76 Å². The van der Waals surface area contributed by atoms with Crippen molar-refractivity contribution in [2.24, 2.45) is 4.76 Å². The molecule has 1 rings (SSSR count). The fourth-order valence-corrected chi connectivity index (χ4v) is 4.69. The summed E-state index contributed by atoms with van der Waals surface area (Å²) in [6.45, 7) is 18.5. The molecule has 162 valence electrons. The van der Waals surface area contributed by atoms with Crippen molar-refractivity contribution >= 4 is 13.7 Å². The summed E-state index contributed by atoms with van der Waals surface area (Å²) < 4.78 is 30.0. The summed E-state index contributed by atoms with van der Waals surface area (Å²) in [6.07, 6.45) is 10.5. The van der Waals surface area contributed by atoms with E-state index in [1.165, 1.54) is 0 Å². The van der Waals surface area contributed by atoms with Crippen molar-refractivity contribution in [3.05, 3.63) is 24.3 Å². The number of rotatable bonds is 9. The van der Waals surface area contributed by atoms with E-state index in [-0.39, 0.29) is 0 Å². The second-order valence-electron chi connectivity index (χ2n) is 8.93. The molecule has 0 aromatic heterocycles. The molecule has 28 heavy (non-hydrogen) atoms. The summed E-state index contributed by atoms with van der Waals surface area (Å²) >= 11 is 0. The monoisotopic (exact) mass is 413 g/mol. The highest BCUT2D eigenvalue weighted by Gasteiger charge is 2.38. The van der Waals surface area contributed by atoms with Crippen molar-refractivity contribution in [2.75, 3.05) is 26.2 Å². The Morgan fingerprint density at radius 2 is 1.25 bits per heavy atom. The van der Waals surface area contributed by atoms with Gasteiger partial charge in [0.2, 0.25) is 5.96 Å². The van der Waals surface area contributed by atoms with Crippen molar-refractivity contribution < 1.29 is 13.6 Å². The SMILES string of the molecule is CC/C=C/CN1CCN(C/C=C/CC)C1=NP(=O)(OC(C)(C)C)OC(C)(C)C. The normalized spacial score (nSPS) is 16.8. The summed E-state index contributed by atoms with van der Waals surface area (Å²) in [5.41, 5.74) is -1.27. The molecule has 0 amide bonds. The van der Waals surface area contributed by atoms with E-state index in [0.717, 1.165) is 39.0 Å². The summed E-state index contributed by atoms with van der Waals surface area (Å²) in [6, 6.07) is 0. The van der Waals surface area contributed by atoms with Crippen LogP contribution in [-0.4, -0.2) is 53.1 Å². The van der Waals surface area contributed by atoms with Crippen LogP contribution in [-0.2, 0) is 13.6 Å². The first-order valence-electron chi connectivity index (χ1n) is 10.3. The maximum Gasteiger partial charge on any atom is 0.458 e. The molecule has 0 aromatic rings. The van der Waals surface area contributed by atoms with Crippen LogP contribution in [0.15, 0.2) is 29.1 Å². The molecule has 1 saturated heterocycles. The van der Waals surface area contributed by atoms with Gasteiger partial charge in [-0.3, -0.25) is 9.05 Å². The average Bonchev–Trinajstić information content (AvgIpc) is 2.86. The molecule has 1 aliphatic heterocycles. The minimum Gasteiger partial charge on any atom is -0.337 e. The number of guanidine groups is 1. The summed E-state index contributed by atoms with van der Waals surface area (Å²) in [5.74, 6) is 0.679. The van der Waals surface area contributed by atoms with Crippen LogP contribution in [0.3, 0.4) is 0 Å². The lowest BCUT2D eigenvalue weighted by Gasteiger charge is -2.31. The van der Waals surface area contributed by atoms with Crippen LogP contribution >= 0.6 is 7.75 Å². The Morgan fingerprint density at radius 1 is 0.857 bits per heavy atom. The van der Waals surface area contributed by atoms with Crippen molar-refractivity contribution in [3.8, 4) is 0 Å². The Bertz CT molecular complexity index is 569. The van der Waals surface area contributed by atoms with Crippen LogP contribution in [0, 0.1) is 0 Å². The van der Waals surface area contributed by atoms with Gasteiger partial charge in [0.25, 0.3) is 0 Å². The molecule has 0 radical (unpaired) electrons. The highest BCUT2D eigenvalue weighted by molar-refractivity contribution is 7.52. The lowest BCUT2D eigenvalue weighted by Crippen LogP contribution is -2.34. The second-order valence-corrected chi connectivity index (χ2v) is 10.4. The first-order chi connectivity index (χ1) is 12.9. The van der Waals surface area contributed by atoms with Crippen LogP contribution in [0.2, 0.25) is 0 Å². The minimum absolute atomic E-state index is 0.636. The Balaban J connectivity index is 3.26. The molecule has 0 aliphatic carbocycles. The van der Waals surface area contributed by atoms with Crippen molar-refractivity contribution in [1.29, 1.82) is 0 Å². The highest BCUT2D eigenvalue weighted by Crippen LogP contribution is 2.56. The molecule has 0 N–H and O–H groups in total. The molecular formula is C21H40N3O3P. The van der Waals surface area contributed by atoms with Crippen molar-refractivity contribution in [2.45, 2.75) is 79.4 Å². The molecule has 0 spiro atoms. The number of allylic oxidation sites excluding steroid dienone is 2. The van der Waals surface area contributed by atoms with Gasteiger partial charge in [-0.1, -0.05) is 38.2 Å². The summed E-state index contributed by atoms with van der Waals surface area (Å²) in [4.78, 5) is 4.27. The van der Waals surface area contributed by atoms with E-state index >= 15 is 0 Å². The van der Waals surface area contributed by atoms with Gasteiger partial charge in [-0.05, 0) is 54.4 Å². The molecule has 0 saturated carbocycles. The fraction of sp³-hybridized carbons (Fsp3) is 0.762. The Hall–Kier alpha value is -1.10. The molecule has 1 aliphatic rings. The van der Waals surface area contributed by atoms with Crippen molar-refractivity contribution in [3.63, 3.8) is 0 Å². The summed E-state index contributed by atoms with van der Waals surface area (Å²) in [7, 11) is -3.71. The van der Waals surface area contributed by atoms with E-state index in [2.05, 4.69) is 52.7 Å². The number of hydrogen-bond donors (Lipinski definition) is 0. The molecule has 1 fully saturated rings. The van der Waals surface area contributed by atoms with Crippen LogP contribution in [0.25, 0.3) is 0 Å². The van der Waals surface area contributed by atoms with Crippen LogP contribution in [0.1, 0.15) is 68.2 Å². The molecule has 0 aromatic carbocycles. The second kappa shape index (κ2) is 10.6. The zero-order valence-electron chi connectivity index (χ0n) is 19.1. The highest BCUT2D eigenvalue weighted by atomic mass is 31.2. The third-order valence-corrected chi connectivity index (χ3v) is 5.63. The number of nitrogens with zero attached hydrogens (tertiary/aromatic N) is 3. The van der Waals surface area contributed by atoms with E-state index in [1.807, 2.05) is 41.5 Å². The van der Waals surface area contributed by atoms with Gasteiger partial charge in [0.1, 0.15) is 0 Å². The predicted molar refractivity (Wildman–Crippen MR) is 119 cm³/mol. The standard InChI is InChI=1S/C21H40N3O3P/c1-9-11-13-15-23-17-18-24(16-14-12-10-2)19(23)22-28(25,26-20(3,4)5)27-21(6,7)8/h11-14H,9-10,15-18H2,1-8H3/b13-11+,14-12+. The topological polar surface area (TPSA) is 54.4 Å². The number of hydrogen-bond acceptors (Lipinski definition) is 3. The molecule has 6 nitrogen and oxygen atoms in total. The predicted octanol–water partition coefficient (Wildman–Crippen LogP) is 5.63. The maximum atomic E-state index is 13.6. The van der Waals surface area contributed by atoms with Gasteiger partial charge in [0.05, 0.1) is 11.2 Å². The van der Waals surface area contributed by atoms with E-state index in [0.29, 0.717) is 5.96 Å². The fourth-order valence-electron chi connectivity index (χ4n) is 2.71. The molecule has 0 bridgehead atoms. The third kappa shape index (κ3) is 9.40. The zero-order valence-corrected chi connectivity index (χ0v) is 20.0. The molecule has 1 heterocycles. The van der Waals surface area contributed by atoms with Crippen LogP contribution < -0.4 is 0 Å². The van der Waals surface area contributed by atoms with Gasteiger partial charge in [-0.2, -0.15) is 0 Å². The average molecular weight is 414 g/mol. The smallest absolute Gasteiger partial charge is 0.337 e. The van der Waals surface area contributed by atoms with Gasteiger partial charge < -0.3 is 9.80 Å².